The van der Waals surface area contributed by atoms with Crippen LogP contribution in [0.3, 0.4) is 0 Å². The summed E-state index contributed by atoms with van der Waals surface area (Å²) in [5, 5.41) is 21.0. The second-order valence-corrected chi connectivity index (χ2v) is 2.78. The van der Waals surface area contributed by atoms with E-state index in [1.807, 2.05) is 0 Å². The Kier molecular flexibility index (Phi) is 1.49. The van der Waals surface area contributed by atoms with Gasteiger partial charge in [0.05, 0.1) is 5.69 Å². The Morgan fingerprint density at radius 3 is 3.08 bits per heavy atom. The first-order chi connectivity index (χ1) is 5.83. The molecule has 0 atom stereocenters. The Balaban J connectivity index is 2.53. The standard InChI is InChI=1S/C7H9N3O2/c11-9-5-2-1-3-6-7(5)8-4-10(6)12/h4,11-12H,1-3H2. The Morgan fingerprint density at radius 1 is 1.50 bits per heavy atom. The molecule has 0 fully saturated rings. The molecule has 0 amide bonds. The van der Waals surface area contributed by atoms with Gasteiger partial charge in [0, 0.05) is 0 Å². The maximum Gasteiger partial charge on any atom is 0.132 e. The topological polar surface area (TPSA) is 70.6 Å². The zero-order valence-electron chi connectivity index (χ0n) is 6.43. The number of aromatic nitrogens is 2. The van der Waals surface area contributed by atoms with E-state index < -0.39 is 0 Å². The summed E-state index contributed by atoms with van der Waals surface area (Å²) in [6.07, 6.45) is 3.71. The minimum atomic E-state index is 0.559. The fourth-order valence-corrected chi connectivity index (χ4v) is 1.48. The average Bonchev–Trinajstić information content (AvgIpc) is 2.48. The predicted molar refractivity (Wildman–Crippen MR) is 40.7 cm³/mol. The third-order valence-electron chi connectivity index (χ3n) is 2.07. The summed E-state index contributed by atoms with van der Waals surface area (Å²) < 4.78 is 0.986. The van der Waals surface area contributed by atoms with E-state index in [2.05, 4.69) is 10.1 Å². The SMILES string of the molecule is ON=C1CCCc2c1ncn2O. The van der Waals surface area contributed by atoms with Crippen molar-refractivity contribution in [3.05, 3.63) is 17.7 Å². The highest BCUT2D eigenvalue weighted by Crippen LogP contribution is 2.19. The zero-order valence-corrected chi connectivity index (χ0v) is 6.43. The zero-order chi connectivity index (χ0) is 8.55. The van der Waals surface area contributed by atoms with E-state index in [-0.39, 0.29) is 0 Å². The summed E-state index contributed by atoms with van der Waals surface area (Å²) in [6, 6.07) is 0. The number of hydrogen-bond acceptors (Lipinski definition) is 4. The van der Waals surface area contributed by atoms with E-state index in [0.29, 0.717) is 11.4 Å². The highest BCUT2D eigenvalue weighted by Gasteiger charge is 2.21. The molecule has 0 aromatic carbocycles. The predicted octanol–water partition coefficient (Wildman–Crippen LogP) is 0.635. The van der Waals surface area contributed by atoms with E-state index in [1.165, 1.54) is 6.33 Å². The van der Waals surface area contributed by atoms with Crippen LogP contribution in [0.25, 0.3) is 0 Å². The molecule has 1 aromatic rings. The summed E-state index contributed by atoms with van der Waals surface area (Å²) >= 11 is 0. The smallest absolute Gasteiger partial charge is 0.132 e. The van der Waals surface area contributed by atoms with E-state index in [9.17, 15) is 5.21 Å². The average molecular weight is 167 g/mol. The molecule has 0 saturated heterocycles. The van der Waals surface area contributed by atoms with Crippen LogP contribution in [0.15, 0.2) is 11.5 Å². The minimum Gasteiger partial charge on any atom is -0.427 e. The van der Waals surface area contributed by atoms with Crippen molar-refractivity contribution in [1.82, 2.24) is 9.71 Å². The van der Waals surface area contributed by atoms with Crippen molar-refractivity contribution in [2.75, 3.05) is 0 Å². The highest BCUT2D eigenvalue weighted by molar-refractivity contribution is 6.00. The quantitative estimate of drug-likeness (QED) is 0.338. The van der Waals surface area contributed by atoms with Crippen molar-refractivity contribution in [1.29, 1.82) is 0 Å². The molecule has 0 unspecified atom stereocenters. The number of hydrogen-bond donors (Lipinski definition) is 2. The summed E-state index contributed by atoms with van der Waals surface area (Å²) in [6.45, 7) is 0. The van der Waals surface area contributed by atoms with Gasteiger partial charge in [-0.1, -0.05) is 5.16 Å². The molecular weight excluding hydrogens is 158 g/mol. The summed E-state index contributed by atoms with van der Waals surface area (Å²) in [5.41, 5.74) is 1.91. The molecule has 2 rings (SSSR count). The molecular formula is C7H9N3O2. The molecule has 0 aliphatic heterocycles. The molecule has 12 heavy (non-hydrogen) atoms. The second-order valence-electron chi connectivity index (χ2n) is 2.78. The van der Waals surface area contributed by atoms with Gasteiger partial charge < -0.3 is 10.4 Å². The van der Waals surface area contributed by atoms with Crippen LogP contribution in [-0.2, 0) is 6.42 Å². The van der Waals surface area contributed by atoms with Crippen LogP contribution >= 0.6 is 0 Å². The van der Waals surface area contributed by atoms with Crippen LogP contribution in [0.4, 0.5) is 0 Å². The van der Waals surface area contributed by atoms with Gasteiger partial charge in [-0.2, -0.15) is 4.73 Å². The molecule has 1 aromatic heterocycles. The van der Waals surface area contributed by atoms with E-state index in [0.717, 1.165) is 29.7 Å². The lowest BCUT2D eigenvalue weighted by atomic mass is 9.99. The van der Waals surface area contributed by atoms with Crippen molar-refractivity contribution < 1.29 is 10.4 Å². The van der Waals surface area contributed by atoms with Crippen molar-refractivity contribution in [2.24, 2.45) is 5.16 Å². The first-order valence-corrected chi connectivity index (χ1v) is 3.79. The minimum absolute atomic E-state index is 0.559. The molecule has 0 bridgehead atoms. The molecule has 0 saturated carbocycles. The van der Waals surface area contributed by atoms with Crippen molar-refractivity contribution in [3.8, 4) is 0 Å². The van der Waals surface area contributed by atoms with Crippen LogP contribution in [-0.4, -0.2) is 25.8 Å². The Morgan fingerprint density at radius 2 is 2.33 bits per heavy atom. The van der Waals surface area contributed by atoms with Gasteiger partial charge in [-0.15, -0.1) is 0 Å². The van der Waals surface area contributed by atoms with Gasteiger partial charge >= 0.3 is 0 Å². The fourth-order valence-electron chi connectivity index (χ4n) is 1.48. The van der Waals surface area contributed by atoms with Gasteiger partial charge in [0.2, 0.25) is 0 Å². The second kappa shape index (κ2) is 2.51. The largest absolute Gasteiger partial charge is 0.427 e. The molecule has 5 nitrogen and oxygen atoms in total. The maximum absolute atomic E-state index is 9.23. The van der Waals surface area contributed by atoms with E-state index in [1.54, 1.807) is 0 Å². The van der Waals surface area contributed by atoms with Crippen LogP contribution in [0.1, 0.15) is 24.2 Å². The third-order valence-corrected chi connectivity index (χ3v) is 2.07. The van der Waals surface area contributed by atoms with Crippen LogP contribution in [0.2, 0.25) is 0 Å². The van der Waals surface area contributed by atoms with Crippen LogP contribution in [0, 0.1) is 0 Å². The van der Waals surface area contributed by atoms with Crippen molar-refractivity contribution in [2.45, 2.75) is 19.3 Å². The Bertz CT molecular complexity index is 329. The Hall–Kier alpha value is -1.52. The lowest BCUT2D eigenvalue weighted by Gasteiger charge is -2.11. The maximum atomic E-state index is 9.23. The normalized spacial score (nSPS) is 19.5. The van der Waals surface area contributed by atoms with Gasteiger partial charge in [-0.05, 0) is 19.3 Å². The third kappa shape index (κ3) is 0.861. The van der Waals surface area contributed by atoms with Crippen LogP contribution in [0.5, 0.6) is 0 Å². The molecule has 0 spiro atoms. The monoisotopic (exact) mass is 167 g/mol. The molecule has 2 N–H and O–H groups in total. The Labute approximate surface area is 68.9 Å². The van der Waals surface area contributed by atoms with Crippen molar-refractivity contribution in [3.63, 3.8) is 0 Å². The number of oxime groups is 1. The molecule has 0 radical (unpaired) electrons. The molecule has 64 valence electrons. The van der Waals surface area contributed by atoms with Gasteiger partial charge in [0.15, 0.2) is 0 Å². The number of nitrogens with zero attached hydrogens (tertiary/aromatic N) is 3. The van der Waals surface area contributed by atoms with Crippen molar-refractivity contribution >= 4 is 5.71 Å². The summed E-state index contributed by atoms with van der Waals surface area (Å²) in [4.78, 5) is 3.93. The number of fused-ring (bicyclic) bond motifs is 1. The lowest BCUT2D eigenvalue weighted by molar-refractivity contribution is 0.176. The highest BCUT2D eigenvalue weighted by atomic mass is 16.5. The van der Waals surface area contributed by atoms with Crippen LogP contribution < -0.4 is 0 Å². The fraction of sp³-hybridized carbons (Fsp3) is 0.429. The molecule has 1 aliphatic carbocycles. The lowest BCUT2D eigenvalue weighted by Crippen LogP contribution is -2.13. The van der Waals surface area contributed by atoms with E-state index >= 15 is 0 Å². The van der Waals surface area contributed by atoms with Gasteiger partial charge in [-0.25, -0.2) is 4.98 Å². The van der Waals surface area contributed by atoms with Gasteiger partial charge in [0.25, 0.3) is 0 Å². The first kappa shape index (κ1) is 7.15. The summed E-state index contributed by atoms with van der Waals surface area (Å²) in [7, 11) is 0. The molecule has 1 heterocycles. The summed E-state index contributed by atoms with van der Waals surface area (Å²) in [5.74, 6) is 0. The van der Waals surface area contributed by atoms with Gasteiger partial charge in [-0.3, -0.25) is 0 Å². The molecule has 5 heteroatoms. The number of rotatable bonds is 0. The molecule has 1 aliphatic rings. The first-order valence-electron chi connectivity index (χ1n) is 3.79. The number of imidazole rings is 1. The van der Waals surface area contributed by atoms with E-state index in [4.69, 9.17) is 5.21 Å². The van der Waals surface area contributed by atoms with Gasteiger partial charge in [0.1, 0.15) is 17.7 Å².